The van der Waals surface area contributed by atoms with Crippen LogP contribution in [0.5, 0.6) is 0 Å². The van der Waals surface area contributed by atoms with Crippen LogP contribution in [0.2, 0.25) is 0 Å². The molecule has 3 saturated carbocycles. The second-order valence-electron chi connectivity index (χ2n) is 8.37. The van der Waals surface area contributed by atoms with Crippen LogP contribution in [0.25, 0.3) is 0 Å². The molecule has 1 unspecified atom stereocenters. The molecule has 0 saturated heterocycles. The maximum absolute atomic E-state index is 11.8. The summed E-state index contributed by atoms with van der Waals surface area (Å²) in [5.41, 5.74) is 0.679. The van der Waals surface area contributed by atoms with E-state index in [-0.39, 0.29) is 17.1 Å². The van der Waals surface area contributed by atoms with Gasteiger partial charge in [0.2, 0.25) is 0 Å². The van der Waals surface area contributed by atoms with Crippen LogP contribution in [-0.4, -0.2) is 30.3 Å². The molecule has 4 aliphatic rings. The maximum Gasteiger partial charge on any atom is 0.155 e. The van der Waals surface area contributed by atoms with Crippen LogP contribution in [0.15, 0.2) is 11.6 Å². The molecular weight excluding hydrogens is 340 g/mol. The molecule has 142 valence electrons. The number of rotatable bonds is 0. The van der Waals surface area contributed by atoms with Gasteiger partial charge in [-0.1, -0.05) is 19.4 Å². The average molecular weight is 373 g/mol. The molecule has 7 atom stereocenters. The van der Waals surface area contributed by atoms with E-state index in [0.717, 1.165) is 25.7 Å². The van der Waals surface area contributed by atoms with Crippen molar-refractivity contribution in [3.8, 4) is 0 Å². The molecule has 0 aromatic rings. The van der Waals surface area contributed by atoms with Crippen molar-refractivity contribution >= 4 is 17.1 Å². The lowest BCUT2D eigenvalue weighted by atomic mass is 9.47. The van der Waals surface area contributed by atoms with Crippen molar-refractivity contribution in [2.45, 2.75) is 71.2 Å². The monoisotopic (exact) mass is 372 g/mol. The van der Waals surface area contributed by atoms with E-state index in [0.29, 0.717) is 31.1 Å². The predicted octanol–water partition coefficient (Wildman–Crippen LogP) is 3.22. The molecule has 4 aliphatic carbocycles. The van der Waals surface area contributed by atoms with Gasteiger partial charge in [0.25, 0.3) is 0 Å². The van der Waals surface area contributed by atoms with E-state index in [2.05, 4.69) is 6.92 Å². The van der Waals surface area contributed by atoms with Crippen molar-refractivity contribution < 1.29 is 27.3 Å². The summed E-state index contributed by atoms with van der Waals surface area (Å²) in [6.45, 7) is 4.23. The number of carbonyl (C=O) groups excluding carboxylic acids is 1. The highest BCUT2D eigenvalue weighted by atomic mass is 32.2. The minimum atomic E-state index is -2.86. The largest absolute Gasteiger partial charge is 0.750 e. The van der Waals surface area contributed by atoms with Crippen molar-refractivity contribution in [1.29, 1.82) is 0 Å². The van der Waals surface area contributed by atoms with Crippen LogP contribution in [0, 0.1) is 28.6 Å². The van der Waals surface area contributed by atoms with Crippen molar-refractivity contribution in [3.05, 3.63) is 11.6 Å². The molecule has 3 fully saturated rings. The molecule has 0 aromatic heterocycles. The highest BCUT2D eigenvalue weighted by Crippen LogP contribution is 2.65. The van der Waals surface area contributed by atoms with Gasteiger partial charge in [-0.15, -0.1) is 0 Å². The fraction of sp³-hybridized carbons (Fsp3) is 0.842. The van der Waals surface area contributed by atoms with Crippen molar-refractivity contribution in [2.75, 3.05) is 0 Å². The number of allylic oxidation sites excluding steroid dienone is 1. The zero-order valence-electron chi connectivity index (χ0n) is 17.8. The zero-order valence-corrected chi connectivity index (χ0v) is 15.6. The normalized spacial score (nSPS) is 53.5. The Kier molecular flexibility index (Phi) is 4.26. The molecule has 0 radical (unpaired) electrons. The van der Waals surface area contributed by atoms with Gasteiger partial charge < -0.3 is 14.2 Å². The van der Waals surface area contributed by atoms with Crippen LogP contribution in [0.3, 0.4) is 0 Å². The lowest BCUT2D eigenvalue weighted by Gasteiger charge is -2.57. The molecule has 0 aliphatic heterocycles. The summed E-state index contributed by atoms with van der Waals surface area (Å²) in [5, 5.41) is 10.7. The van der Waals surface area contributed by atoms with Crippen molar-refractivity contribution in [3.63, 3.8) is 0 Å². The summed E-state index contributed by atoms with van der Waals surface area (Å²) in [5.74, 6) is 1.12. The fourth-order valence-electron chi connectivity index (χ4n) is 5.96. The molecular formula is C19H29O5S-. The van der Waals surface area contributed by atoms with Gasteiger partial charge in [-0.05, 0) is 79.6 Å². The summed E-state index contributed by atoms with van der Waals surface area (Å²) in [6.07, 6.45) is 3.35. The molecule has 6 heteroatoms. The van der Waals surface area contributed by atoms with Gasteiger partial charge in [-0.2, -0.15) is 0 Å². The third kappa shape index (κ3) is 3.27. The number of carbonyl (C=O) groups is 1. The van der Waals surface area contributed by atoms with Gasteiger partial charge >= 0.3 is 0 Å². The first-order chi connectivity index (χ1) is 12.8. The number of aliphatic hydroxyl groups is 1. The van der Waals surface area contributed by atoms with Crippen LogP contribution in [-0.2, 0) is 16.2 Å². The Hall–Kier alpha value is -0.560. The van der Waals surface area contributed by atoms with Gasteiger partial charge in [0.15, 0.2) is 5.78 Å². The SMILES string of the molecule is O=S([O-])O.[2H]C1([2H])C[C@H]2[C@@H]3CCC4=CC(=O)CC[C@]4(C)[C@H]3CC[C@]2(C)[C@@]1([2H])O. The second kappa shape index (κ2) is 6.87. The van der Waals surface area contributed by atoms with E-state index in [4.69, 9.17) is 17.4 Å². The predicted molar refractivity (Wildman–Crippen MR) is 94.3 cm³/mol. The maximum atomic E-state index is 11.8. The summed E-state index contributed by atoms with van der Waals surface area (Å²) in [6, 6.07) is 0. The van der Waals surface area contributed by atoms with Crippen LogP contribution >= 0.6 is 0 Å². The standard InChI is InChI=1S/C19H28O2.H2O3S/c1-18-9-7-13(20)11-12(18)3-4-14-15-5-6-17(21)19(15,2)10-8-16(14)18;1-4(2)3/h11,14-17,21H,3-10H2,1-2H3;(H2,1,2,3)/p-1/t14-,15-,16-,17-,18-,19-;/m0./s1/i6D2,17D;. The Labute approximate surface area is 156 Å². The number of ketones is 1. The van der Waals surface area contributed by atoms with E-state index in [1.165, 1.54) is 5.57 Å². The van der Waals surface area contributed by atoms with E-state index in [1.54, 1.807) is 0 Å². The highest BCUT2D eigenvalue weighted by Gasteiger charge is 2.58. The first-order valence-corrected chi connectivity index (χ1v) is 10.0. The quantitative estimate of drug-likeness (QED) is 0.636. The lowest BCUT2D eigenvalue weighted by molar-refractivity contribution is -0.118. The first-order valence-electron chi connectivity index (χ1n) is 10.5. The molecule has 0 amide bonds. The minimum absolute atomic E-state index is 0.0492. The van der Waals surface area contributed by atoms with E-state index in [9.17, 15) is 9.90 Å². The Morgan fingerprint density at radius 3 is 2.64 bits per heavy atom. The Morgan fingerprint density at radius 2 is 1.96 bits per heavy atom. The molecule has 4 rings (SSSR count). The minimum Gasteiger partial charge on any atom is -0.750 e. The second-order valence-corrected chi connectivity index (χ2v) is 8.81. The molecule has 5 nitrogen and oxygen atoms in total. The van der Waals surface area contributed by atoms with Gasteiger partial charge in [0.05, 0.1) is 18.8 Å². The fourth-order valence-corrected chi connectivity index (χ4v) is 5.96. The summed E-state index contributed by atoms with van der Waals surface area (Å²) in [4.78, 5) is 11.8. The van der Waals surface area contributed by atoms with Crippen LogP contribution in [0.4, 0.5) is 0 Å². The molecule has 0 aromatic carbocycles. The van der Waals surface area contributed by atoms with E-state index >= 15 is 0 Å². The first kappa shape index (κ1) is 15.5. The third-order valence-electron chi connectivity index (χ3n) is 7.38. The van der Waals surface area contributed by atoms with Crippen LogP contribution < -0.4 is 0 Å². The topological polar surface area (TPSA) is 97.7 Å². The van der Waals surface area contributed by atoms with Crippen molar-refractivity contribution in [2.24, 2.45) is 28.6 Å². The third-order valence-corrected chi connectivity index (χ3v) is 7.38. The molecule has 0 bridgehead atoms. The summed E-state index contributed by atoms with van der Waals surface area (Å²) >= 11 is -2.86. The Bertz CT molecular complexity index is 720. The summed E-state index contributed by atoms with van der Waals surface area (Å²) < 4.78 is 49.0. The molecule has 0 heterocycles. The molecule has 0 spiro atoms. The molecule has 25 heavy (non-hydrogen) atoms. The van der Waals surface area contributed by atoms with Gasteiger partial charge in [0.1, 0.15) is 0 Å². The number of fused-ring (bicyclic) bond motifs is 5. The van der Waals surface area contributed by atoms with E-state index < -0.39 is 29.2 Å². The van der Waals surface area contributed by atoms with E-state index in [1.807, 2.05) is 13.0 Å². The average Bonchev–Trinajstić information content (AvgIpc) is 2.71. The smallest absolute Gasteiger partial charge is 0.155 e. The van der Waals surface area contributed by atoms with Gasteiger partial charge in [-0.25, -0.2) is 4.21 Å². The Morgan fingerprint density at radius 1 is 1.28 bits per heavy atom. The lowest BCUT2D eigenvalue weighted by Crippen LogP contribution is -2.51. The Balaban J connectivity index is 0.000000516. The number of hydrogen-bond acceptors (Lipinski definition) is 4. The highest BCUT2D eigenvalue weighted by molar-refractivity contribution is 7.73. The van der Waals surface area contributed by atoms with Gasteiger partial charge in [-0.3, -0.25) is 4.79 Å². The summed E-state index contributed by atoms with van der Waals surface area (Å²) in [7, 11) is 0. The van der Waals surface area contributed by atoms with Crippen LogP contribution in [0.1, 0.15) is 69.3 Å². The van der Waals surface area contributed by atoms with Crippen molar-refractivity contribution in [1.82, 2.24) is 0 Å². The number of hydrogen-bond donors (Lipinski definition) is 2. The zero-order chi connectivity index (χ0) is 21.1. The molecule has 2 N–H and O–H groups in total. The van der Waals surface area contributed by atoms with Gasteiger partial charge in [0, 0.05) is 9.16 Å².